The van der Waals surface area contributed by atoms with E-state index in [4.69, 9.17) is 24.2 Å². The molecule has 1 aliphatic rings. The van der Waals surface area contributed by atoms with Gasteiger partial charge in [-0.2, -0.15) is 0 Å². The molecule has 0 saturated carbocycles. The van der Waals surface area contributed by atoms with Crippen molar-refractivity contribution in [3.8, 4) is 11.6 Å². The van der Waals surface area contributed by atoms with Gasteiger partial charge in [-0.05, 0) is 37.1 Å². The summed E-state index contributed by atoms with van der Waals surface area (Å²) >= 11 is 0. The third kappa shape index (κ3) is 3.81. The summed E-state index contributed by atoms with van der Waals surface area (Å²) in [6, 6.07) is 26.3. The highest BCUT2D eigenvalue weighted by molar-refractivity contribution is 6.04. The molecule has 6 rings (SSSR count). The Morgan fingerprint density at radius 1 is 0.912 bits per heavy atom. The van der Waals surface area contributed by atoms with E-state index in [0.29, 0.717) is 19.1 Å². The highest BCUT2D eigenvalue weighted by Gasteiger charge is 2.32. The van der Waals surface area contributed by atoms with Crippen molar-refractivity contribution >= 4 is 21.9 Å². The first-order valence-corrected chi connectivity index (χ1v) is 11.5. The summed E-state index contributed by atoms with van der Waals surface area (Å²) in [6.45, 7) is 4.02. The maximum atomic E-state index is 6.14. The van der Waals surface area contributed by atoms with Gasteiger partial charge in [0.15, 0.2) is 11.3 Å². The van der Waals surface area contributed by atoms with Crippen LogP contribution in [0.4, 0.5) is 0 Å². The van der Waals surface area contributed by atoms with Crippen molar-refractivity contribution in [2.24, 2.45) is 0 Å². The first kappa shape index (κ1) is 20.8. The molecule has 6 heteroatoms. The minimum atomic E-state index is -0.639. The van der Waals surface area contributed by atoms with Crippen molar-refractivity contribution < 1.29 is 14.2 Å². The molecule has 6 nitrogen and oxygen atoms in total. The Morgan fingerprint density at radius 2 is 1.65 bits per heavy atom. The molecule has 1 aliphatic heterocycles. The molecule has 0 atom stereocenters. The molecule has 170 valence electrons. The van der Waals surface area contributed by atoms with Gasteiger partial charge < -0.3 is 18.8 Å². The van der Waals surface area contributed by atoms with E-state index in [1.807, 2.05) is 61.8 Å². The average molecular weight is 452 g/mol. The number of pyridine rings is 1. The van der Waals surface area contributed by atoms with Crippen LogP contribution in [0.2, 0.25) is 0 Å². The monoisotopic (exact) mass is 451 g/mol. The van der Waals surface area contributed by atoms with E-state index in [9.17, 15) is 0 Å². The van der Waals surface area contributed by atoms with Crippen LogP contribution < -0.4 is 4.74 Å². The van der Waals surface area contributed by atoms with Crippen LogP contribution in [-0.2, 0) is 28.2 Å². The molecule has 0 amide bonds. The van der Waals surface area contributed by atoms with E-state index in [1.54, 1.807) is 0 Å². The minimum Gasteiger partial charge on any atom is -0.437 e. The normalized spacial score (nSPS) is 15.2. The Labute approximate surface area is 197 Å². The minimum absolute atomic E-state index is 0.521. The fraction of sp³-hybridized carbons (Fsp3) is 0.214. The first-order valence-electron chi connectivity index (χ1n) is 11.5. The van der Waals surface area contributed by atoms with Crippen molar-refractivity contribution in [2.45, 2.75) is 25.7 Å². The SMILES string of the molecule is CC1(c2ccc(CCn3cnc4c(Oc5ccccc5)nc5ccccc5c43)cc2)OCCO1. The molecular formula is C28H25N3O3. The van der Waals surface area contributed by atoms with Gasteiger partial charge >= 0.3 is 0 Å². The quantitative estimate of drug-likeness (QED) is 0.325. The van der Waals surface area contributed by atoms with Crippen molar-refractivity contribution in [3.05, 3.63) is 96.3 Å². The highest BCUT2D eigenvalue weighted by Crippen LogP contribution is 2.33. The van der Waals surface area contributed by atoms with Gasteiger partial charge in [-0.1, -0.05) is 60.7 Å². The van der Waals surface area contributed by atoms with Crippen LogP contribution in [0, 0.1) is 0 Å². The molecule has 1 fully saturated rings. The zero-order valence-corrected chi connectivity index (χ0v) is 19.0. The number of para-hydroxylation sites is 2. The summed E-state index contributed by atoms with van der Waals surface area (Å²) in [5.74, 6) is 0.623. The standard InChI is InChI=1S/C28H25N3O3/c1-28(32-17-18-33-28)21-13-11-20(12-14-21)15-16-31-19-29-25-26(31)23-9-5-6-10-24(23)30-27(25)34-22-7-3-2-4-8-22/h2-14,19H,15-18H2,1H3. The maximum Gasteiger partial charge on any atom is 0.248 e. The first-order chi connectivity index (χ1) is 16.7. The largest absolute Gasteiger partial charge is 0.437 e. The van der Waals surface area contributed by atoms with E-state index in [2.05, 4.69) is 34.9 Å². The molecule has 34 heavy (non-hydrogen) atoms. The Bertz CT molecular complexity index is 1440. The third-order valence-electron chi connectivity index (χ3n) is 6.34. The average Bonchev–Trinajstić information content (AvgIpc) is 3.51. The Balaban J connectivity index is 1.31. The molecule has 0 aliphatic carbocycles. The fourth-order valence-electron chi connectivity index (χ4n) is 4.50. The lowest BCUT2D eigenvalue weighted by Gasteiger charge is -2.22. The van der Waals surface area contributed by atoms with Crippen LogP contribution >= 0.6 is 0 Å². The number of hydrogen-bond acceptors (Lipinski definition) is 5. The van der Waals surface area contributed by atoms with Gasteiger partial charge in [0, 0.05) is 17.5 Å². The predicted molar refractivity (Wildman–Crippen MR) is 131 cm³/mol. The molecule has 3 heterocycles. The number of imidazole rings is 1. The van der Waals surface area contributed by atoms with Gasteiger partial charge in [-0.25, -0.2) is 9.97 Å². The Hall–Kier alpha value is -3.74. The molecule has 0 spiro atoms. The van der Waals surface area contributed by atoms with Crippen LogP contribution in [0.25, 0.3) is 21.9 Å². The number of rotatable bonds is 6. The zero-order chi connectivity index (χ0) is 23.0. The van der Waals surface area contributed by atoms with E-state index in [1.165, 1.54) is 5.56 Å². The summed E-state index contributed by atoms with van der Waals surface area (Å²) in [6.07, 6.45) is 2.75. The van der Waals surface area contributed by atoms with Crippen molar-refractivity contribution in [1.82, 2.24) is 14.5 Å². The van der Waals surface area contributed by atoms with Crippen molar-refractivity contribution in [1.29, 1.82) is 0 Å². The van der Waals surface area contributed by atoms with Gasteiger partial charge in [0.25, 0.3) is 0 Å². The second kappa shape index (κ2) is 8.56. The molecule has 0 unspecified atom stereocenters. The number of hydrogen-bond donors (Lipinski definition) is 0. The molecule has 3 aromatic carbocycles. The summed E-state index contributed by atoms with van der Waals surface area (Å²) in [5.41, 5.74) is 4.97. The Morgan fingerprint density at radius 3 is 2.44 bits per heavy atom. The second-order valence-electron chi connectivity index (χ2n) is 8.57. The fourth-order valence-corrected chi connectivity index (χ4v) is 4.50. The lowest BCUT2D eigenvalue weighted by molar-refractivity contribution is -0.149. The van der Waals surface area contributed by atoms with Gasteiger partial charge in [-0.15, -0.1) is 0 Å². The van der Waals surface area contributed by atoms with Crippen LogP contribution in [-0.4, -0.2) is 27.7 Å². The zero-order valence-electron chi connectivity index (χ0n) is 19.0. The third-order valence-corrected chi connectivity index (χ3v) is 6.34. The van der Waals surface area contributed by atoms with E-state index in [-0.39, 0.29) is 0 Å². The smallest absolute Gasteiger partial charge is 0.248 e. The van der Waals surface area contributed by atoms with Crippen LogP contribution in [0.5, 0.6) is 11.6 Å². The lowest BCUT2D eigenvalue weighted by atomic mass is 10.0. The molecular weight excluding hydrogens is 426 g/mol. The molecule has 5 aromatic rings. The summed E-state index contributed by atoms with van der Waals surface area (Å²) in [7, 11) is 0. The topological polar surface area (TPSA) is 58.4 Å². The van der Waals surface area contributed by atoms with E-state index >= 15 is 0 Å². The predicted octanol–water partition coefficient (Wildman–Crippen LogP) is 5.84. The molecule has 0 N–H and O–H groups in total. The summed E-state index contributed by atoms with van der Waals surface area (Å²) in [4.78, 5) is 9.46. The van der Waals surface area contributed by atoms with E-state index < -0.39 is 5.79 Å². The molecule has 0 bridgehead atoms. The number of aromatic nitrogens is 3. The van der Waals surface area contributed by atoms with Gasteiger partial charge in [0.1, 0.15) is 5.75 Å². The maximum absolute atomic E-state index is 6.14. The number of nitrogens with zero attached hydrogens (tertiary/aromatic N) is 3. The van der Waals surface area contributed by atoms with Crippen LogP contribution in [0.15, 0.2) is 85.2 Å². The highest BCUT2D eigenvalue weighted by atomic mass is 16.7. The van der Waals surface area contributed by atoms with Crippen molar-refractivity contribution in [2.75, 3.05) is 13.2 Å². The summed E-state index contributed by atoms with van der Waals surface area (Å²) in [5, 5.41) is 1.06. The van der Waals surface area contributed by atoms with Crippen LogP contribution in [0.1, 0.15) is 18.1 Å². The van der Waals surface area contributed by atoms with E-state index in [0.717, 1.165) is 46.2 Å². The molecule has 1 saturated heterocycles. The molecule has 2 aromatic heterocycles. The lowest BCUT2D eigenvalue weighted by Crippen LogP contribution is -2.22. The van der Waals surface area contributed by atoms with Crippen molar-refractivity contribution in [3.63, 3.8) is 0 Å². The van der Waals surface area contributed by atoms with Gasteiger partial charge in [0.05, 0.1) is 30.6 Å². The number of benzene rings is 3. The van der Waals surface area contributed by atoms with Gasteiger partial charge in [-0.3, -0.25) is 0 Å². The molecule has 0 radical (unpaired) electrons. The number of ether oxygens (including phenoxy) is 3. The van der Waals surface area contributed by atoms with Gasteiger partial charge in [0.2, 0.25) is 5.88 Å². The summed E-state index contributed by atoms with van der Waals surface area (Å²) < 4.78 is 19.9. The second-order valence-corrected chi connectivity index (χ2v) is 8.57. The van der Waals surface area contributed by atoms with Crippen LogP contribution in [0.3, 0.4) is 0 Å². The number of aryl methyl sites for hydroxylation is 2. The Kier molecular flexibility index (Phi) is 5.24. The number of fused-ring (bicyclic) bond motifs is 3.